The summed E-state index contributed by atoms with van der Waals surface area (Å²) in [6.07, 6.45) is 6.57. The molecule has 11 rings (SSSR count). The zero-order valence-corrected chi connectivity index (χ0v) is 30.8. The summed E-state index contributed by atoms with van der Waals surface area (Å²) >= 11 is 0. The second-order valence-electron chi connectivity index (χ2n) is 14.9. The summed E-state index contributed by atoms with van der Waals surface area (Å²) in [5, 5.41) is 2.54. The van der Waals surface area contributed by atoms with Gasteiger partial charge in [-0.3, -0.25) is 0 Å². The van der Waals surface area contributed by atoms with Crippen LogP contribution >= 0.6 is 0 Å². The van der Waals surface area contributed by atoms with Gasteiger partial charge in [-0.25, -0.2) is 9.97 Å². The number of para-hydroxylation sites is 2. The molecule has 264 valence electrons. The number of nitrogens with zero attached hydrogens (tertiary/aromatic N) is 3. The Labute approximate surface area is 326 Å². The molecule has 2 aromatic heterocycles. The van der Waals surface area contributed by atoms with Gasteiger partial charge in [0.15, 0.2) is 5.82 Å². The maximum absolute atomic E-state index is 5.13. The van der Waals surface area contributed by atoms with Gasteiger partial charge in [0, 0.05) is 33.5 Å². The molecule has 0 bridgehead atoms. The Balaban J connectivity index is 0.979. The molecule has 0 fully saturated rings. The average Bonchev–Trinajstić information content (AvgIpc) is 3.79. The molecule has 2 heterocycles. The van der Waals surface area contributed by atoms with Crippen LogP contribution in [0.25, 0.3) is 78.0 Å². The molecule has 0 spiro atoms. The molecule has 2 aliphatic rings. The molecule has 7 aromatic carbocycles. The fraction of sp³-hybridized carbons (Fsp3) is 0.0566. The Hall–Kier alpha value is -7.10. The van der Waals surface area contributed by atoms with Crippen molar-refractivity contribution in [1.82, 2.24) is 14.5 Å². The normalized spacial score (nSPS) is 14.7. The van der Waals surface area contributed by atoms with Gasteiger partial charge in [0.1, 0.15) is 0 Å². The maximum atomic E-state index is 5.13. The second kappa shape index (κ2) is 13.3. The van der Waals surface area contributed by atoms with Gasteiger partial charge in [-0.2, -0.15) is 0 Å². The first kappa shape index (κ1) is 32.3. The minimum Gasteiger partial charge on any atom is -0.309 e. The molecule has 3 heteroatoms. The summed E-state index contributed by atoms with van der Waals surface area (Å²) < 4.78 is 2.40. The number of rotatable bonds is 6. The Bertz CT molecular complexity index is 2950. The zero-order chi connectivity index (χ0) is 37.0. The first-order chi connectivity index (χ1) is 27.8. The predicted octanol–water partition coefficient (Wildman–Crippen LogP) is 13.5. The molecule has 0 aliphatic heterocycles. The third kappa shape index (κ3) is 5.43. The van der Waals surface area contributed by atoms with Gasteiger partial charge in [0.2, 0.25) is 0 Å². The minimum absolute atomic E-state index is 0.223. The van der Waals surface area contributed by atoms with Crippen LogP contribution < -0.4 is 0 Å². The fourth-order valence-corrected chi connectivity index (χ4v) is 8.98. The smallest absolute Gasteiger partial charge is 0.160 e. The van der Waals surface area contributed by atoms with E-state index in [4.69, 9.17) is 9.97 Å². The van der Waals surface area contributed by atoms with Gasteiger partial charge in [-0.15, -0.1) is 0 Å². The molecule has 3 nitrogen and oxygen atoms in total. The molecule has 0 radical (unpaired) electrons. The Morgan fingerprint density at radius 2 is 1.07 bits per heavy atom. The van der Waals surface area contributed by atoms with Crippen molar-refractivity contribution in [2.75, 3.05) is 0 Å². The summed E-state index contributed by atoms with van der Waals surface area (Å²) in [7, 11) is 0. The van der Waals surface area contributed by atoms with Crippen molar-refractivity contribution in [3.63, 3.8) is 0 Å². The molecule has 0 saturated carbocycles. The van der Waals surface area contributed by atoms with Crippen molar-refractivity contribution >= 4 is 27.4 Å². The van der Waals surface area contributed by atoms with Crippen LogP contribution in [0.5, 0.6) is 0 Å². The summed E-state index contributed by atoms with van der Waals surface area (Å²) in [4.78, 5) is 10.1. The highest BCUT2D eigenvalue weighted by atomic mass is 15.0. The molecule has 56 heavy (non-hydrogen) atoms. The van der Waals surface area contributed by atoms with E-state index in [0.717, 1.165) is 41.2 Å². The van der Waals surface area contributed by atoms with Crippen molar-refractivity contribution < 1.29 is 0 Å². The third-order valence-electron chi connectivity index (χ3n) is 11.7. The molecule has 1 atom stereocenters. The molecular weight excluding hydrogens is 679 g/mol. The monoisotopic (exact) mass is 715 g/mol. The van der Waals surface area contributed by atoms with Gasteiger partial charge in [0.25, 0.3) is 0 Å². The minimum atomic E-state index is 0.223. The van der Waals surface area contributed by atoms with E-state index in [2.05, 4.69) is 174 Å². The number of hydrogen-bond acceptors (Lipinski definition) is 2. The molecule has 2 aliphatic carbocycles. The van der Waals surface area contributed by atoms with Gasteiger partial charge in [-0.05, 0) is 88.2 Å². The summed E-state index contributed by atoms with van der Waals surface area (Å²) in [6.45, 7) is 0. The van der Waals surface area contributed by atoms with E-state index in [9.17, 15) is 0 Å². The SMILES string of the molecule is C1=C(c2cc(-c3ccccc3)nc(-c3ccccc3)n2)CCC(C2c3ccccc3-c3cc(-c4ccc5c6ccccc6n(-c6ccccc6)c5c4)ccc32)=C1. The van der Waals surface area contributed by atoms with Crippen LogP contribution in [0, 0.1) is 0 Å². The van der Waals surface area contributed by atoms with Crippen molar-refractivity contribution in [2.45, 2.75) is 18.8 Å². The van der Waals surface area contributed by atoms with Crippen LogP contribution in [0.3, 0.4) is 0 Å². The van der Waals surface area contributed by atoms with Gasteiger partial charge < -0.3 is 4.57 Å². The van der Waals surface area contributed by atoms with Crippen LogP contribution in [0.1, 0.15) is 35.6 Å². The predicted molar refractivity (Wildman–Crippen MR) is 232 cm³/mol. The molecule has 0 amide bonds. The van der Waals surface area contributed by atoms with Crippen molar-refractivity contribution in [2.24, 2.45) is 0 Å². The lowest BCUT2D eigenvalue weighted by Gasteiger charge is -2.22. The van der Waals surface area contributed by atoms with Crippen molar-refractivity contribution in [3.05, 3.63) is 217 Å². The summed E-state index contributed by atoms with van der Waals surface area (Å²) in [5.41, 5.74) is 18.3. The maximum Gasteiger partial charge on any atom is 0.160 e. The first-order valence-electron chi connectivity index (χ1n) is 19.5. The summed E-state index contributed by atoms with van der Waals surface area (Å²) in [5.74, 6) is 0.981. The van der Waals surface area contributed by atoms with Crippen LogP contribution in [-0.4, -0.2) is 14.5 Å². The Morgan fingerprint density at radius 1 is 0.429 bits per heavy atom. The second-order valence-corrected chi connectivity index (χ2v) is 14.9. The van der Waals surface area contributed by atoms with Gasteiger partial charge >= 0.3 is 0 Å². The van der Waals surface area contributed by atoms with E-state index in [-0.39, 0.29) is 5.92 Å². The Kier molecular flexibility index (Phi) is 7.70. The quantitative estimate of drug-likeness (QED) is 0.172. The average molecular weight is 716 g/mol. The lowest BCUT2D eigenvalue weighted by atomic mass is 9.82. The largest absolute Gasteiger partial charge is 0.309 e. The zero-order valence-electron chi connectivity index (χ0n) is 30.8. The fourth-order valence-electron chi connectivity index (χ4n) is 8.98. The van der Waals surface area contributed by atoms with Crippen LogP contribution in [0.4, 0.5) is 0 Å². The number of benzene rings is 7. The number of aromatic nitrogens is 3. The molecule has 1 unspecified atom stereocenters. The molecule has 9 aromatic rings. The van der Waals surface area contributed by atoms with E-state index < -0.39 is 0 Å². The Morgan fingerprint density at radius 3 is 1.88 bits per heavy atom. The van der Waals surface area contributed by atoms with E-state index >= 15 is 0 Å². The highest BCUT2D eigenvalue weighted by Gasteiger charge is 2.32. The van der Waals surface area contributed by atoms with Crippen LogP contribution in [0.15, 0.2) is 200 Å². The highest BCUT2D eigenvalue weighted by molar-refractivity contribution is 6.10. The lowest BCUT2D eigenvalue weighted by Crippen LogP contribution is -2.06. The van der Waals surface area contributed by atoms with E-state index in [0.29, 0.717) is 0 Å². The molecular formula is C53H37N3. The number of allylic oxidation sites excluding steroid dienone is 4. The van der Waals surface area contributed by atoms with Crippen molar-refractivity contribution in [3.8, 4) is 50.6 Å². The van der Waals surface area contributed by atoms with Gasteiger partial charge in [0.05, 0.1) is 22.4 Å². The lowest BCUT2D eigenvalue weighted by molar-refractivity contribution is 0.851. The first-order valence-corrected chi connectivity index (χ1v) is 19.5. The van der Waals surface area contributed by atoms with Crippen LogP contribution in [-0.2, 0) is 0 Å². The van der Waals surface area contributed by atoms with E-state index in [1.807, 2.05) is 24.3 Å². The van der Waals surface area contributed by atoms with E-state index in [1.54, 1.807) is 0 Å². The standard InChI is InChI=1S/C53H37N3/c1-4-14-35(15-5-1)48-34-49(55-53(54-48)38-16-6-2-7-17-38)36-24-26-37(27-25-36)52-45-22-11-10-20-42(45)47-32-39(29-31-46(47)52)40-28-30-44-43-21-12-13-23-50(43)56(51(44)33-40)41-18-8-3-9-19-41/h1-24,26,28-34,52H,25,27H2. The number of fused-ring (bicyclic) bond motifs is 6. The van der Waals surface area contributed by atoms with Crippen molar-refractivity contribution in [1.29, 1.82) is 0 Å². The molecule has 0 N–H and O–H groups in total. The topological polar surface area (TPSA) is 30.7 Å². The number of hydrogen-bond donors (Lipinski definition) is 0. The van der Waals surface area contributed by atoms with E-state index in [1.165, 1.54) is 72.0 Å². The third-order valence-corrected chi connectivity index (χ3v) is 11.7. The highest BCUT2D eigenvalue weighted by Crippen LogP contribution is 2.51. The molecule has 0 saturated heterocycles. The summed E-state index contributed by atoms with van der Waals surface area (Å²) in [6, 6.07) is 65.4. The van der Waals surface area contributed by atoms with Crippen LogP contribution in [0.2, 0.25) is 0 Å². The van der Waals surface area contributed by atoms with Gasteiger partial charge in [-0.1, -0.05) is 163 Å².